The van der Waals surface area contributed by atoms with E-state index in [0.717, 1.165) is 17.5 Å². The number of allylic oxidation sites excluding steroid dienone is 1. The summed E-state index contributed by atoms with van der Waals surface area (Å²) in [6, 6.07) is 20.3. The quantitative estimate of drug-likeness (QED) is 0.355. The van der Waals surface area contributed by atoms with Gasteiger partial charge in [-0.15, -0.1) is 0 Å². The van der Waals surface area contributed by atoms with Crippen molar-refractivity contribution in [2.24, 2.45) is 0 Å². The van der Waals surface area contributed by atoms with Crippen LogP contribution in [0.1, 0.15) is 36.9 Å². The number of urea groups is 1. The van der Waals surface area contributed by atoms with Crippen LogP contribution in [0.3, 0.4) is 0 Å². The second-order valence-electron chi connectivity index (χ2n) is 8.44. The van der Waals surface area contributed by atoms with Crippen molar-refractivity contribution in [2.45, 2.75) is 26.3 Å². The minimum absolute atomic E-state index is 0.280. The Morgan fingerprint density at radius 3 is 2.53 bits per heavy atom. The molecule has 7 nitrogen and oxygen atoms in total. The van der Waals surface area contributed by atoms with E-state index in [0.29, 0.717) is 28.5 Å². The molecule has 1 unspecified atom stereocenters. The minimum Gasteiger partial charge on any atom is -0.497 e. The highest BCUT2D eigenvalue weighted by Gasteiger charge is 2.36. The molecule has 1 aliphatic heterocycles. The Hall–Kier alpha value is -4.46. The fourth-order valence-corrected chi connectivity index (χ4v) is 4.33. The maximum absolute atomic E-state index is 13.6. The van der Waals surface area contributed by atoms with E-state index in [2.05, 4.69) is 22.4 Å². The van der Waals surface area contributed by atoms with E-state index >= 15 is 0 Å². The number of carbonyl (C=O) groups excluding carboxylic acids is 1. The summed E-state index contributed by atoms with van der Waals surface area (Å²) in [5.74, 6) is 0.971. The first-order valence-corrected chi connectivity index (χ1v) is 11.6. The van der Waals surface area contributed by atoms with Gasteiger partial charge in [-0.2, -0.15) is 4.98 Å². The largest absolute Gasteiger partial charge is 0.497 e. The number of anilines is 1. The third-order valence-electron chi connectivity index (χ3n) is 6.28. The Kier molecular flexibility index (Phi) is 6.25. The van der Waals surface area contributed by atoms with Crippen molar-refractivity contribution < 1.29 is 18.4 Å². The minimum atomic E-state index is -0.515. The first kappa shape index (κ1) is 23.3. The number of halogens is 1. The number of amides is 2. The number of hydrogen-bond acceptors (Lipinski definition) is 5. The van der Waals surface area contributed by atoms with Gasteiger partial charge in [0.15, 0.2) is 0 Å². The standard InChI is InChI=1S/C28H25FN4O3/c1-4-18-8-10-19(11-9-18)25-24(17(2)33(28(34)30-25)22-14-12-21(29)13-15-22)27-31-26(32-36-27)20-6-5-7-23(16-20)35-3/h5-16,25H,4H2,1-3H3,(H,30,34). The van der Waals surface area contributed by atoms with Crippen LogP contribution in [0.2, 0.25) is 0 Å². The van der Waals surface area contributed by atoms with Gasteiger partial charge in [-0.05, 0) is 60.9 Å². The molecule has 0 bridgehead atoms. The van der Waals surface area contributed by atoms with Gasteiger partial charge in [-0.25, -0.2) is 9.18 Å². The molecule has 5 rings (SSSR count). The van der Waals surface area contributed by atoms with Gasteiger partial charge < -0.3 is 14.6 Å². The van der Waals surface area contributed by atoms with Crippen molar-refractivity contribution in [3.63, 3.8) is 0 Å². The molecule has 0 fully saturated rings. The Balaban J connectivity index is 1.63. The van der Waals surface area contributed by atoms with Crippen molar-refractivity contribution in [2.75, 3.05) is 12.0 Å². The Bertz CT molecular complexity index is 1430. The summed E-state index contributed by atoms with van der Waals surface area (Å²) in [5.41, 5.74) is 4.60. The molecule has 36 heavy (non-hydrogen) atoms. The number of nitrogens with one attached hydrogen (secondary N) is 1. The number of benzene rings is 3. The van der Waals surface area contributed by atoms with Crippen LogP contribution in [0.15, 0.2) is 83.0 Å². The predicted octanol–water partition coefficient (Wildman–Crippen LogP) is 6.15. The summed E-state index contributed by atoms with van der Waals surface area (Å²) < 4.78 is 24.6. The molecule has 182 valence electrons. The maximum atomic E-state index is 13.6. The summed E-state index contributed by atoms with van der Waals surface area (Å²) in [7, 11) is 1.60. The molecule has 1 atom stereocenters. The molecule has 1 aliphatic rings. The summed E-state index contributed by atoms with van der Waals surface area (Å²) in [6.45, 7) is 3.91. The molecule has 0 saturated carbocycles. The van der Waals surface area contributed by atoms with Gasteiger partial charge in [-0.1, -0.05) is 48.5 Å². The molecule has 4 aromatic rings. The van der Waals surface area contributed by atoms with Gasteiger partial charge in [0.1, 0.15) is 11.6 Å². The summed E-state index contributed by atoms with van der Waals surface area (Å²) in [6.07, 6.45) is 0.908. The molecule has 0 saturated heterocycles. The van der Waals surface area contributed by atoms with E-state index in [1.54, 1.807) is 19.2 Å². The lowest BCUT2D eigenvalue weighted by Gasteiger charge is -2.35. The monoisotopic (exact) mass is 484 g/mol. The van der Waals surface area contributed by atoms with Crippen molar-refractivity contribution in [3.05, 3.63) is 101 Å². The van der Waals surface area contributed by atoms with Crippen LogP contribution in [0.5, 0.6) is 5.75 Å². The summed E-state index contributed by atoms with van der Waals surface area (Å²) in [4.78, 5) is 19.4. The van der Waals surface area contributed by atoms with E-state index in [9.17, 15) is 9.18 Å². The zero-order chi connectivity index (χ0) is 25.2. The van der Waals surface area contributed by atoms with Crippen LogP contribution in [-0.4, -0.2) is 23.3 Å². The molecule has 1 aromatic heterocycles. The van der Waals surface area contributed by atoms with Gasteiger partial charge in [-0.3, -0.25) is 4.90 Å². The van der Waals surface area contributed by atoms with Gasteiger partial charge in [0.25, 0.3) is 5.89 Å². The van der Waals surface area contributed by atoms with Gasteiger partial charge in [0.2, 0.25) is 5.82 Å². The van der Waals surface area contributed by atoms with Crippen LogP contribution in [0.4, 0.5) is 14.9 Å². The molecule has 0 spiro atoms. The van der Waals surface area contributed by atoms with Crippen LogP contribution >= 0.6 is 0 Å². The first-order valence-electron chi connectivity index (χ1n) is 11.6. The fraction of sp³-hybridized carbons (Fsp3) is 0.179. The number of carbonyl (C=O) groups is 1. The maximum Gasteiger partial charge on any atom is 0.326 e. The lowest BCUT2D eigenvalue weighted by Crippen LogP contribution is -2.46. The molecule has 0 aliphatic carbocycles. The molecular weight excluding hydrogens is 459 g/mol. The molecule has 1 N–H and O–H groups in total. The number of methoxy groups -OCH3 is 1. The zero-order valence-corrected chi connectivity index (χ0v) is 20.2. The zero-order valence-electron chi connectivity index (χ0n) is 20.2. The van der Waals surface area contributed by atoms with Gasteiger partial charge >= 0.3 is 6.03 Å². The highest BCUT2D eigenvalue weighted by atomic mass is 19.1. The third kappa shape index (κ3) is 4.33. The van der Waals surface area contributed by atoms with Crippen molar-refractivity contribution >= 4 is 17.3 Å². The van der Waals surface area contributed by atoms with E-state index in [-0.39, 0.29) is 17.7 Å². The SMILES string of the molecule is CCc1ccc(C2NC(=O)N(c3ccc(F)cc3)C(C)=C2c2nc(-c3cccc(OC)c3)no2)cc1. The van der Waals surface area contributed by atoms with E-state index in [1.165, 1.54) is 22.6 Å². The van der Waals surface area contributed by atoms with Crippen molar-refractivity contribution in [1.82, 2.24) is 15.5 Å². The number of hydrogen-bond donors (Lipinski definition) is 1. The number of aryl methyl sites for hydroxylation is 1. The summed E-state index contributed by atoms with van der Waals surface area (Å²) >= 11 is 0. The van der Waals surface area contributed by atoms with Crippen LogP contribution < -0.4 is 15.0 Å². The average molecular weight is 485 g/mol. The molecule has 0 radical (unpaired) electrons. The lowest BCUT2D eigenvalue weighted by molar-refractivity contribution is 0.244. The summed E-state index contributed by atoms with van der Waals surface area (Å²) in [5, 5.41) is 7.27. The highest BCUT2D eigenvalue weighted by molar-refractivity contribution is 6.01. The molecule has 8 heteroatoms. The van der Waals surface area contributed by atoms with E-state index in [4.69, 9.17) is 9.26 Å². The van der Waals surface area contributed by atoms with Gasteiger partial charge in [0.05, 0.1) is 24.4 Å². The second kappa shape index (κ2) is 9.65. The van der Waals surface area contributed by atoms with Gasteiger partial charge in [0, 0.05) is 11.3 Å². The fourth-order valence-electron chi connectivity index (χ4n) is 4.33. The topological polar surface area (TPSA) is 80.5 Å². The number of ether oxygens (including phenoxy) is 1. The van der Waals surface area contributed by atoms with E-state index in [1.807, 2.05) is 55.5 Å². The number of aromatic nitrogens is 2. The van der Waals surface area contributed by atoms with Crippen LogP contribution in [0, 0.1) is 5.82 Å². The van der Waals surface area contributed by atoms with Crippen LogP contribution in [0.25, 0.3) is 17.0 Å². The number of rotatable bonds is 6. The molecule has 2 amide bonds. The smallest absolute Gasteiger partial charge is 0.326 e. The Morgan fingerprint density at radius 1 is 1.08 bits per heavy atom. The highest BCUT2D eigenvalue weighted by Crippen LogP contribution is 2.39. The molecule has 2 heterocycles. The number of nitrogens with zero attached hydrogens (tertiary/aromatic N) is 3. The van der Waals surface area contributed by atoms with Crippen LogP contribution in [-0.2, 0) is 6.42 Å². The average Bonchev–Trinajstić information content (AvgIpc) is 3.39. The second-order valence-corrected chi connectivity index (χ2v) is 8.44. The molecule has 3 aromatic carbocycles. The first-order chi connectivity index (χ1) is 17.5. The lowest BCUT2D eigenvalue weighted by atomic mass is 9.93. The Morgan fingerprint density at radius 2 is 1.83 bits per heavy atom. The Labute approximate surface area is 208 Å². The van der Waals surface area contributed by atoms with Crippen molar-refractivity contribution in [3.8, 4) is 17.1 Å². The van der Waals surface area contributed by atoms with E-state index < -0.39 is 6.04 Å². The predicted molar refractivity (Wildman–Crippen MR) is 135 cm³/mol. The van der Waals surface area contributed by atoms with Crippen molar-refractivity contribution in [1.29, 1.82) is 0 Å². The third-order valence-corrected chi connectivity index (χ3v) is 6.28. The normalized spacial score (nSPS) is 15.7. The molecular formula is C28H25FN4O3.